The monoisotopic (exact) mass is 261 g/mol. The van der Waals surface area contributed by atoms with Crippen molar-refractivity contribution in [3.05, 3.63) is 42.9 Å². The number of ether oxygens (including phenoxy) is 2. The Morgan fingerprint density at radius 3 is 2.47 bits per heavy atom. The minimum Gasteiger partial charge on any atom is -0.437 e. The fraction of sp³-hybridized carbons (Fsp3) is 0.154. The zero-order chi connectivity index (χ0) is 14.3. The first-order valence-corrected chi connectivity index (χ1v) is 5.31. The van der Waals surface area contributed by atoms with Gasteiger partial charge in [-0.2, -0.15) is 4.57 Å². The number of nitrogens with one attached hydrogen (secondary N) is 1. The molecule has 6 nitrogen and oxygen atoms in total. The summed E-state index contributed by atoms with van der Waals surface area (Å²) in [6.45, 7) is 3.44. The Bertz CT molecular complexity index is 545. The first-order chi connectivity index (χ1) is 9.08. The third kappa shape index (κ3) is 4.22. The highest BCUT2D eigenvalue weighted by atomic mass is 16.7. The van der Waals surface area contributed by atoms with Crippen molar-refractivity contribution >= 4 is 23.5 Å². The van der Waals surface area contributed by atoms with Gasteiger partial charge in [0.2, 0.25) is 5.78 Å². The van der Waals surface area contributed by atoms with E-state index >= 15 is 0 Å². The van der Waals surface area contributed by atoms with Crippen LogP contribution in [0.3, 0.4) is 0 Å². The van der Waals surface area contributed by atoms with Crippen LogP contribution >= 0.6 is 0 Å². The molecule has 98 valence electrons. The van der Waals surface area contributed by atoms with Crippen molar-refractivity contribution < 1.29 is 23.6 Å². The topological polar surface area (TPSA) is 80.3 Å². The predicted molar refractivity (Wildman–Crippen MR) is 66.3 cm³/mol. The van der Waals surface area contributed by atoms with Gasteiger partial charge in [0, 0.05) is 12.1 Å². The predicted octanol–water partition coefficient (Wildman–Crippen LogP) is 1.32. The number of Topliss-reactive ketones (excluding diaryl/α,β-unsaturated/α-hetero) is 1. The van der Waals surface area contributed by atoms with E-state index in [4.69, 9.17) is 5.41 Å². The number of aromatic nitrogens is 1. The van der Waals surface area contributed by atoms with Gasteiger partial charge >= 0.3 is 11.9 Å². The molecule has 0 radical (unpaired) electrons. The fourth-order valence-corrected chi connectivity index (χ4v) is 1.28. The number of nitrogens with zero attached hydrogens (tertiary/aromatic N) is 1. The number of rotatable bonds is 5. The molecule has 1 N–H and O–H groups in total. The van der Waals surface area contributed by atoms with E-state index < -0.39 is 11.9 Å². The van der Waals surface area contributed by atoms with Gasteiger partial charge in [-0.15, -0.1) is 0 Å². The van der Waals surface area contributed by atoms with Gasteiger partial charge in [0.1, 0.15) is 5.76 Å². The van der Waals surface area contributed by atoms with E-state index in [1.807, 2.05) is 0 Å². The highest BCUT2D eigenvalue weighted by Crippen LogP contribution is 2.06. The smallest absolute Gasteiger partial charge is 0.437 e. The van der Waals surface area contributed by atoms with Gasteiger partial charge in [-0.1, -0.05) is 12.6 Å². The molecule has 19 heavy (non-hydrogen) atoms. The summed E-state index contributed by atoms with van der Waals surface area (Å²) in [6.07, 6.45) is 2.04. The Hall–Kier alpha value is -2.72. The van der Waals surface area contributed by atoms with Crippen molar-refractivity contribution in [3.8, 4) is 0 Å². The van der Waals surface area contributed by atoms with E-state index in [2.05, 4.69) is 21.9 Å². The number of hydrogen-bond acceptors (Lipinski definition) is 5. The molecule has 0 amide bonds. The average molecular weight is 261 g/mol. The summed E-state index contributed by atoms with van der Waals surface area (Å²) in [5.41, 5.74) is 0.0233. The molecule has 0 aliphatic heterocycles. The van der Waals surface area contributed by atoms with Crippen molar-refractivity contribution in [3.63, 3.8) is 0 Å². The number of methoxy groups -OCH3 is 1. The molecule has 0 bridgehead atoms. The molecule has 0 spiro atoms. The van der Waals surface area contributed by atoms with Gasteiger partial charge in [-0.3, -0.25) is 10.2 Å². The Labute approximate surface area is 110 Å². The maximum atomic E-state index is 11.9. The van der Waals surface area contributed by atoms with Crippen molar-refractivity contribution in [1.82, 2.24) is 0 Å². The number of hydrogen-bond donors (Lipinski definition) is 1. The van der Waals surface area contributed by atoms with Crippen LogP contribution in [0.25, 0.3) is 5.70 Å². The zero-order valence-corrected chi connectivity index (χ0v) is 10.4. The molecule has 0 unspecified atom stereocenters. The molecular formula is C13H13N2O4+. The number of carbonyl (C=O) groups is 2. The molecule has 0 saturated heterocycles. The second-order valence-corrected chi connectivity index (χ2v) is 3.45. The molecule has 0 atom stereocenters. The van der Waals surface area contributed by atoms with Crippen LogP contribution in [0.15, 0.2) is 42.9 Å². The van der Waals surface area contributed by atoms with Crippen molar-refractivity contribution in [2.45, 2.75) is 6.42 Å². The molecule has 1 heterocycles. The van der Waals surface area contributed by atoms with Crippen LogP contribution in [0, 0.1) is 5.41 Å². The van der Waals surface area contributed by atoms with E-state index in [0.717, 1.165) is 7.11 Å². The normalized spacial score (nSPS) is 9.11. The van der Waals surface area contributed by atoms with Gasteiger partial charge in [-0.25, -0.2) is 4.79 Å². The van der Waals surface area contributed by atoms with Crippen LogP contribution in [-0.2, 0) is 14.3 Å². The summed E-state index contributed by atoms with van der Waals surface area (Å²) < 4.78 is 10.3. The van der Waals surface area contributed by atoms with E-state index in [-0.39, 0.29) is 17.9 Å². The highest BCUT2D eigenvalue weighted by molar-refractivity contribution is 6.20. The van der Waals surface area contributed by atoms with Crippen LogP contribution in [0.1, 0.15) is 6.42 Å². The summed E-state index contributed by atoms with van der Waals surface area (Å²) in [5.74, 6) is 1.56. The minimum atomic E-state index is -0.939. The SMILES string of the molecule is C=C(CC(=O)C(=C=N)[n+]1ccccc1)OC(=O)OC. The number of ketones is 1. The van der Waals surface area contributed by atoms with E-state index in [9.17, 15) is 9.59 Å². The molecule has 0 aliphatic rings. The molecule has 1 aromatic rings. The Morgan fingerprint density at radius 2 is 1.95 bits per heavy atom. The van der Waals surface area contributed by atoms with Gasteiger partial charge in [0.15, 0.2) is 12.4 Å². The quantitative estimate of drug-likeness (QED) is 0.285. The summed E-state index contributed by atoms with van der Waals surface area (Å²) in [7, 11) is 1.15. The van der Waals surface area contributed by atoms with Gasteiger partial charge in [0.25, 0.3) is 0 Å². The molecule has 0 saturated carbocycles. The van der Waals surface area contributed by atoms with Crippen LogP contribution in [0.4, 0.5) is 4.79 Å². The second-order valence-electron chi connectivity index (χ2n) is 3.45. The van der Waals surface area contributed by atoms with E-state index in [0.29, 0.717) is 0 Å². The summed E-state index contributed by atoms with van der Waals surface area (Å²) >= 11 is 0. The summed E-state index contributed by atoms with van der Waals surface area (Å²) in [4.78, 5) is 22.8. The fourth-order valence-electron chi connectivity index (χ4n) is 1.28. The number of carbonyl (C=O) groups excluding carboxylic acids is 2. The molecular weight excluding hydrogens is 248 g/mol. The van der Waals surface area contributed by atoms with Crippen molar-refractivity contribution in [2.75, 3.05) is 7.11 Å². The molecule has 6 heteroatoms. The first-order valence-electron chi connectivity index (χ1n) is 5.31. The largest absolute Gasteiger partial charge is 0.513 e. The van der Waals surface area contributed by atoms with Crippen LogP contribution in [0.2, 0.25) is 0 Å². The molecule has 1 aromatic heterocycles. The van der Waals surface area contributed by atoms with Gasteiger partial charge < -0.3 is 9.47 Å². The van der Waals surface area contributed by atoms with Crippen LogP contribution in [-0.4, -0.2) is 24.9 Å². The Morgan fingerprint density at radius 1 is 1.32 bits per heavy atom. The van der Waals surface area contributed by atoms with Crippen molar-refractivity contribution in [2.24, 2.45) is 0 Å². The number of pyridine rings is 1. The van der Waals surface area contributed by atoms with Crippen LogP contribution < -0.4 is 4.57 Å². The Kier molecular flexibility index (Phi) is 5.19. The lowest BCUT2D eigenvalue weighted by atomic mass is 10.2. The lowest BCUT2D eigenvalue weighted by molar-refractivity contribution is -0.576. The molecule has 0 aromatic carbocycles. The summed E-state index contributed by atoms with van der Waals surface area (Å²) in [5, 5.41) is 7.16. The van der Waals surface area contributed by atoms with Crippen molar-refractivity contribution in [1.29, 1.82) is 5.41 Å². The molecule has 1 rings (SSSR count). The molecule has 0 aliphatic carbocycles. The minimum absolute atomic E-state index is 0.0233. The van der Waals surface area contributed by atoms with Crippen LogP contribution in [0.5, 0.6) is 0 Å². The highest BCUT2D eigenvalue weighted by Gasteiger charge is 2.22. The van der Waals surface area contributed by atoms with E-state index in [1.54, 1.807) is 30.6 Å². The first kappa shape index (κ1) is 14.3. The lowest BCUT2D eigenvalue weighted by Crippen LogP contribution is -2.36. The summed E-state index contributed by atoms with van der Waals surface area (Å²) in [6, 6.07) is 5.20. The third-order valence-corrected chi connectivity index (χ3v) is 2.11. The maximum absolute atomic E-state index is 11.9. The second kappa shape index (κ2) is 6.88. The zero-order valence-electron chi connectivity index (χ0n) is 10.4. The Balaban J connectivity index is 2.75. The van der Waals surface area contributed by atoms with Gasteiger partial charge in [0.05, 0.1) is 19.4 Å². The number of allylic oxidation sites excluding steroid dienone is 2. The lowest BCUT2D eigenvalue weighted by Gasteiger charge is -2.04. The standard InChI is InChI=1S/C13H13N2O4/c1-10(19-13(17)18-2)8-12(16)11(9-14)15-6-4-3-5-7-15/h3-7,14H,1,8H2,2H3/q+1. The average Bonchev–Trinajstić information content (AvgIpc) is 2.40. The maximum Gasteiger partial charge on any atom is 0.513 e. The van der Waals surface area contributed by atoms with Gasteiger partial charge in [-0.05, 0) is 0 Å². The van der Waals surface area contributed by atoms with E-state index in [1.165, 1.54) is 4.57 Å². The third-order valence-electron chi connectivity index (χ3n) is 2.11. The molecule has 0 fully saturated rings.